The fourth-order valence-electron chi connectivity index (χ4n) is 3.27. The van der Waals surface area contributed by atoms with Gasteiger partial charge in [0.05, 0.1) is 10.3 Å². The van der Waals surface area contributed by atoms with Gasteiger partial charge in [-0.1, -0.05) is 19.1 Å². The highest BCUT2D eigenvalue weighted by atomic mass is 32.1. The summed E-state index contributed by atoms with van der Waals surface area (Å²) in [5, 5.41) is 11.9. The number of nitro groups is 1. The minimum Gasteiger partial charge on any atom is -0.472 e. The maximum Gasteiger partial charge on any atom is 0.269 e. The first kappa shape index (κ1) is 16.0. The van der Waals surface area contributed by atoms with E-state index in [1.807, 2.05) is 6.07 Å². The number of ether oxygens (including phenoxy) is 1. The second kappa shape index (κ2) is 6.40. The summed E-state index contributed by atoms with van der Waals surface area (Å²) in [5.41, 5.74) is 2.13. The van der Waals surface area contributed by atoms with E-state index in [1.54, 1.807) is 17.4 Å². The summed E-state index contributed by atoms with van der Waals surface area (Å²) in [5.74, 6) is 1.27. The molecule has 2 heterocycles. The number of thiophene rings is 1. The van der Waals surface area contributed by atoms with Crippen molar-refractivity contribution in [2.75, 3.05) is 0 Å². The van der Waals surface area contributed by atoms with Crippen LogP contribution in [0.1, 0.15) is 29.3 Å². The Balaban J connectivity index is 1.64. The van der Waals surface area contributed by atoms with Crippen LogP contribution in [0.5, 0.6) is 5.88 Å². The van der Waals surface area contributed by atoms with Gasteiger partial charge in [-0.25, -0.2) is 9.97 Å². The van der Waals surface area contributed by atoms with Gasteiger partial charge in [0.25, 0.3) is 5.69 Å². The number of aromatic nitrogens is 2. The summed E-state index contributed by atoms with van der Waals surface area (Å²) in [6.45, 7) is 2.52. The van der Waals surface area contributed by atoms with E-state index in [-0.39, 0.29) is 12.3 Å². The Kier molecular flexibility index (Phi) is 4.09. The number of hydrogen-bond donors (Lipinski definition) is 0. The van der Waals surface area contributed by atoms with Crippen LogP contribution in [0.15, 0.2) is 30.6 Å². The largest absolute Gasteiger partial charge is 0.472 e. The Morgan fingerprint density at radius 2 is 2.28 bits per heavy atom. The molecule has 128 valence electrons. The van der Waals surface area contributed by atoms with Gasteiger partial charge >= 0.3 is 0 Å². The fourth-order valence-corrected chi connectivity index (χ4v) is 4.61. The molecule has 25 heavy (non-hydrogen) atoms. The first-order chi connectivity index (χ1) is 12.1. The van der Waals surface area contributed by atoms with E-state index in [0.717, 1.165) is 35.0 Å². The second-order valence-corrected chi connectivity index (χ2v) is 7.51. The Bertz CT molecular complexity index is 954. The third kappa shape index (κ3) is 3.07. The normalized spacial score (nSPS) is 16.6. The molecule has 1 atom stereocenters. The van der Waals surface area contributed by atoms with Crippen LogP contribution >= 0.6 is 11.3 Å². The quantitative estimate of drug-likeness (QED) is 0.515. The highest BCUT2D eigenvalue weighted by molar-refractivity contribution is 7.18. The summed E-state index contributed by atoms with van der Waals surface area (Å²) in [6.07, 6.45) is 4.80. The number of nitrogens with zero attached hydrogens (tertiary/aromatic N) is 3. The Morgan fingerprint density at radius 1 is 1.40 bits per heavy atom. The molecule has 1 aliphatic rings. The lowest BCUT2D eigenvalue weighted by Gasteiger charge is -2.18. The molecular formula is C18H17N3O3S. The van der Waals surface area contributed by atoms with Gasteiger partial charge in [-0.2, -0.15) is 0 Å². The van der Waals surface area contributed by atoms with Crippen molar-refractivity contribution in [3.63, 3.8) is 0 Å². The van der Waals surface area contributed by atoms with Gasteiger partial charge in [0, 0.05) is 17.0 Å². The van der Waals surface area contributed by atoms with Gasteiger partial charge in [-0.3, -0.25) is 10.1 Å². The molecule has 1 aliphatic carbocycles. The van der Waals surface area contributed by atoms with Gasteiger partial charge in [0.1, 0.15) is 17.8 Å². The van der Waals surface area contributed by atoms with Crippen molar-refractivity contribution in [3.05, 3.63) is 56.7 Å². The third-order valence-electron chi connectivity index (χ3n) is 4.55. The molecule has 0 fully saturated rings. The van der Waals surface area contributed by atoms with Crippen LogP contribution in [0.4, 0.5) is 5.69 Å². The smallest absolute Gasteiger partial charge is 0.269 e. The zero-order valence-corrected chi connectivity index (χ0v) is 14.6. The van der Waals surface area contributed by atoms with Gasteiger partial charge in [-0.05, 0) is 36.3 Å². The van der Waals surface area contributed by atoms with E-state index in [0.29, 0.717) is 11.8 Å². The van der Waals surface area contributed by atoms with Crippen molar-refractivity contribution in [3.8, 4) is 5.88 Å². The fraction of sp³-hybridized carbons (Fsp3) is 0.333. The van der Waals surface area contributed by atoms with Crippen LogP contribution in [0.25, 0.3) is 10.2 Å². The van der Waals surface area contributed by atoms with E-state index < -0.39 is 4.92 Å². The molecule has 6 nitrogen and oxygen atoms in total. The number of hydrogen-bond acceptors (Lipinski definition) is 6. The van der Waals surface area contributed by atoms with Crippen molar-refractivity contribution in [1.29, 1.82) is 0 Å². The van der Waals surface area contributed by atoms with E-state index in [1.165, 1.54) is 28.9 Å². The van der Waals surface area contributed by atoms with Crippen LogP contribution in [0.3, 0.4) is 0 Å². The Morgan fingerprint density at radius 3 is 3.12 bits per heavy atom. The zero-order valence-electron chi connectivity index (χ0n) is 13.8. The van der Waals surface area contributed by atoms with Crippen molar-refractivity contribution in [2.45, 2.75) is 32.8 Å². The van der Waals surface area contributed by atoms with Crippen LogP contribution in [-0.2, 0) is 19.4 Å². The monoisotopic (exact) mass is 355 g/mol. The SMILES string of the molecule is CC1CCc2c(sc3ncnc(OCc4cccc([N+](=O)[O-])c4)c23)C1. The summed E-state index contributed by atoms with van der Waals surface area (Å²) >= 11 is 1.73. The summed E-state index contributed by atoms with van der Waals surface area (Å²) in [7, 11) is 0. The predicted octanol–water partition coefficient (Wildman–Crippen LogP) is 4.30. The number of nitro benzene ring substituents is 1. The third-order valence-corrected chi connectivity index (χ3v) is 5.72. The lowest BCUT2D eigenvalue weighted by molar-refractivity contribution is -0.384. The summed E-state index contributed by atoms with van der Waals surface area (Å²) in [4.78, 5) is 21.6. The second-order valence-electron chi connectivity index (χ2n) is 6.43. The molecule has 0 radical (unpaired) electrons. The molecule has 4 rings (SSSR count). The minimum atomic E-state index is -0.400. The zero-order chi connectivity index (χ0) is 17.4. The van der Waals surface area contributed by atoms with Crippen molar-refractivity contribution < 1.29 is 9.66 Å². The molecule has 7 heteroatoms. The number of rotatable bonds is 4. The Labute approximate surface area is 148 Å². The van der Waals surface area contributed by atoms with Crippen LogP contribution in [0, 0.1) is 16.0 Å². The predicted molar refractivity (Wildman–Crippen MR) is 96.0 cm³/mol. The standard InChI is InChI=1S/C18H17N3O3S/c1-11-5-6-14-15(7-11)25-18-16(14)17(19-10-20-18)24-9-12-3-2-4-13(8-12)21(22)23/h2-4,8,10-11H,5-7,9H2,1H3. The average molecular weight is 355 g/mol. The molecule has 0 aliphatic heterocycles. The van der Waals surface area contributed by atoms with Crippen molar-refractivity contribution in [1.82, 2.24) is 9.97 Å². The maximum absolute atomic E-state index is 10.9. The maximum atomic E-state index is 10.9. The Hall–Kier alpha value is -2.54. The summed E-state index contributed by atoms with van der Waals surface area (Å²) in [6, 6.07) is 6.49. The topological polar surface area (TPSA) is 78.2 Å². The van der Waals surface area contributed by atoms with E-state index in [2.05, 4.69) is 16.9 Å². The lowest BCUT2D eigenvalue weighted by Crippen LogP contribution is -2.09. The molecule has 3 aromatic rings. The molecule has 1 unspecified atom stereocenters. The molecule has 0 saturated carbocycles. The number of benzene rings is 1. The van der Waals surface area contributed by atoms with E-state index in [9.17, 15) is 10.1 Å². The minimum absolute atomic E-state index is 0.0656. The van der Waals surface area contributed by atoms with Crippen LogP contribution in [0.2, 0.25) is 0 Å². The van der Waals surface area contributed by atoms with Gasteiger partial charge in [0.15, 0.2) is 0 Å². The average Bonchev–Trinajstić information content (AvgIpc) is 2.98. The van der Waals surface area contributed by atoms with Crippen molar-refractivity contribution >= 4 is 27.2 Å². The molecule has 0 saturated heterocycles. The van der Waals surface area contributed by atoms with Crippen LogP contribution < -0.4 is 4.74 Å². The van der Waals surface area contributed by atoms with Crippen molar-refractivity contribution in [2.24, 2.45) is 5.92 Å². The molecule has 0 N–H and O–H groups in total. The first-order valence-corrected chi connectivity index (χ1v) is 9.05. The van der Waals surface area contributed by atoms with Gasteiger partial charge in [-0.15, -0.1) is 11.3 Å². The highest BCUT2D eigenvalue weighted by Gasteiger charge is 2.23. The number of non-ortho nitro benzene ring substituents is 1. The number of aryl methyl sites for hydroxylation is 1. The van der Waals surface area contributed by atoms with Gasteiger partial charge in [0.2, 0.25) is 5.88 Å². The number of fused-ring (bicyclic) bond motifs is 3. The lowest BCUT2D eigenvalue weighted by atomic mass is 9.89. The molecular weight excluding hydrogens is 338 g/mol. The molecule has 0 spiro atoms. The summed E-state index contributed by atoms with van der Waals surface area (Å²) < 4.78 is 5.92. The van der Waals surface area contributed by atoms with Gasteiger partial charge < -0.3 is 4.74 Å². The molecule has 2 aromatic heterocycles. The molecule has 0 bridgehead atoms. The molecule has 1 aromatic carbocycles. The van der Waals surface area contributed by atoms with E-state index in [4.69, 9.17) is 4.74 Å². The molecule has 0 amide bonds. The van der Waals surface area contributed by atoms with E-state index >= 15 is 0 Å². The highest BCUT2D eigenvalue weighted by Crippen LogP contribution is 2.40. The van der Waals surface area contributed by atoms with Crippen LogP contribution in [-0.4, -0.2) is 14.9 Å². The first-order valence-electron chi connectivity index (χ1n) is 8.23.